The van der Waals surface area contributed by atoms with Crippen LogP contribution in [-0.4, -0.2) is 13.7 Å². The van der Waals surface area contributed by atoms with E-state index in [4.69, 9.17) is 10.5 Å². The molecule has 94 valence electrons. The van der Waals surface area contributed by atoms with Crippen molar-refractivity contribution in [1.82, 2.24) is 0 Å². The van der Waals surface area contributed by atoms with Crippen LogP contribution in [0.15, 0.2) is 54.6 Å². The molecule has 1 unspecified atom stereocenters. The first kappa shape index (κ1) is 12.6. The van der Waals surface area contributed by atoms with E-state index in [1.54, 1.807) is 43.5 Å². The zero-order valence-electron chi connectivity index (χ0n) is 10.3. The maximum atomic E-state index is 15.1. The van der Waals surface area contributed by atoms with Crippen LogP contribution in [0.25, 0.3) is 0 Å². The van der Waals surface area contributed by atoms with Gasteiger partial charge in [-0.05, 0) is 23.3 Å². The zero-order valence-corrected chi connectivity index (χ0v) is 10.3. The molecule has 2 nitrogen and oxygen atoms in total. The maximum Gasteiger partial charge on any atom is 0.173 e. The summed E-state index contributed by atoms with van der Waals surface area (Å²) in [6, 6.07) is 15.9. The Bertz CT molecular complexity index is 498. The van der Waals surface area contributed by atoms with E-state index >= 15 is 4.39 Å². The highest BCUT2D eigenvalue weighted by Gasteiger charge is 2.32. The van der Waals surface area contributed by atoms with E-state index in [-0.39, 0.29) is 6.54 Å². The van der Waals surface area contributed by atoms with Crippen LogP contribution in [0.2, 0.25) is 0 Å². The van der Waals surface area contributed by atoms with Gasteiger partial charge >= 0.3 is 0 Å². The van der Waals surface area contributed by atoms with Crippen LogP contribution in [0.4, 0.5) is 4.39 Å². The summed E-state index contributed by atoms with van der Waals surface area (Å²) in [5.41, 5.74) is 5.08. The maximum absolute atomic E-state index is 15.1. The third kappa shape index (κ3) is 2.22. The highest BCUT2D eigenvalue weighted by molar-refractivity contribution is 5.39. The van der Waals surface area contributed by atoms with Crippen molar-refractivity contribution < 1.29 is 9.13 Å². The van der Waals surface area contributed by atoms with E-state index < -0.39 is 5.67 Å². The van der Waals surface area contributed by atoms with Gasteiger partial charge in [-0.2, -0.15) is 0 Å². The quantitative estimate of drug-likeness (QED) is 0.899. The summed E-state index contributed by atoms with van der Waals surface area (Å²) in [5.74, 6) is 0.700. The van der Waals surface area contributed by atoms with Crippen molar-refractivity contribution in [3.8, 4) is 5.75 Å². The smallest absolute Gasteiger partial charge is 0.173 e. The molecule has 1 atom stereocenters. The average molecular weight is 245 g/mol. The van der Waals surface area contributed by atoms with Crippen molar-refractivity contribution in [2.24, 2.45) is 5.73 Å². The van der Waals surface area contributed by atoms with Crippen LogP contribution in [-0.2, 0) is 5.67 Å². The number of ether oxygens (including phenoxy) is 1. The molecular formula is C15H16FNO. The molecule has 0 amide bonds. The Morgan fingerprint density at radius 2 is 1.56 bits per heavy atom. The fourth-order valence-electron chi connectivity index (χ4n) is 1.96. The molecule has 0 aliphatic carbocycles. The minimum Gasteiger partial charge on any atom is -0.497 e. The molecule has 0 bridgehead atoms. The zero-order chi connectivity index (χ0) is 13.0. The average Bonchev–Trinajstić information content (AvgIpc) is 2.47. The molecule has 0 saturated carbocycles. The number of hydrogen-bond donors (Lipinski definition) is 1. The molecule has 18 heavy (non-hydrogen) atoms. The lowest BCUT2D eigenvalue weighted by atomic mass is 9.88. The fraction of sp³-hybridized carbons (Fsp3) is 0.200. The standard InChI is InChI=1S/C15H16FNO/c1-18-14-9-7-13(8-10-14)15(16,11-17)12-5-3-2-4-6-12/h2-10H,11,17H2,1H3. The Hall–Kier alpha value is -1.87. The van der Waals surface area contributed by atoms with Crippen molar-refractivity contribution >= 4 is 0 Å². The number of methoxy groups -OCH3 is 1. The Kier molecular flexibility index (Phi) is 3.63. The van der Waals surface area contributed by atoms with E-state index in [1.807, 2.05) is 18.2 Å². The summed E-state index contributed by atoms with van der Waals surface area (Å²) in [6.45, 7) is -0.0939. The monoisotopic (exact) mass is 245 g/mol. The lowest BCUT2D eigenvalue weighted by Crippen LogP contribution is -2.31. The number of rotatable bonds is 4. The van der Waals surface area contributed by atoms with Gasteiger partial charge in [0.1, 0.15) is 5.75 Å². The second-order valence-electron chi connectivity index (χ2n) is 4.10. The van der Waals surface area contributed by atoms with E-state index in [9.17, 15) is 0 Å². The second kappa shape index (κ2) is 5.19. The minimum absolute atomic E-state index is 0.0939. The lowest BCUT2D eigenvalue weighted by Gasteiger charge is -2.25. The van der Waals surface area contributed by atoms with E-state index in [0.29, 0.717) is 16.9 Å². The molecule has 0 saturated heterocycles. The predicted molar refractivity (Wildman–Crippen MR) is 70.4 cm³/mol. The first-order chi connectivity index (χ1) is 8.70. The third-order valence-corrected chi connectivity index (χ3v) is 3.06. The first-order valence-electron chi connectivity index (χ1n) is 5.80. The molecule has 0 aliphatic rings. The highest BCUT2D eigenvalue weighted by Crippen LogP contribution is 2.33. The molecule has 0 aromatic heterocycles. The van der Waals surface area contributed by atoms with Crippen molar-refractivity contribution in [2.45, 2.75) is 5.67 Å². The molecular weight excluding hydrogens is 229 g/mol. The van der Waals surface area contributed by atoms with Gasteiger partial charge in [-0.3, -0.25) is 0 Å². The van der Waals surface area contributed by atoms with Crippen LogP contribution >= 0.6 is 0 Å². The van der Waals surface area contributed by atoms with Gasteiger partial charge in [-0.25, -0.2) is 4.39 Å². The molecule has 2 N–H and O–H groups in total. The van der Waals surface area contributed by atoms with Gasteiger partial charge in [0.25, 0.3) is 0 Å². The Labute approximate surface area is 106 Å². The van der Waals surface area contributed by atoms with Crippen molar-refractivity contribution in [3.05, 3.63) is 65.7 Å². The molecule has 3 heteroatoms. The van der Waals surface area contributed by atoms with E-state index in [0.717, 1.165) is 0 Å². The van der Waals surface area contributed by atoms with Crippen LogP contribution in [0.3, 0.4) is 0 Å². The molecule has 2 aromatic carbocycles. The largest absolute Gasteiger partial charge is 0.497 e. The molecule has 0 aliphatic heterocycles. The molecule has 2 rings (SSSR count). The molecule has 0 fully saturated rings. The van der Waals surface area contributed by atoms with Crippen molar-refractivity contribution in [1.29, 1.82) is 0 Å². The van der Waals surface area contributed by atoms with Gasteiger partial charge < -0.3 is 10.5 Å². The molecule has 0 radical (unpaired) electrons. The number of halogens is 1. The number of alkyl halides is 1. The Balaban J connectivity index is 2.43. The summed E-state index contributed by atoms with van der Waals surface area (Å²) in [6.07, 6.45) is 0. The van der Waals surface area contributed by atoms with E-state index in [2.05, 4.69) is 0 Å². The third-order valence-electron chi connectivity index (χ3n) is 3.06. The Morgan fingerprint density at radius 3 is 2.06 bits per heavy atom. The van der Waals surface area contributed by atoms with Gasteiger partial charge in [0.05, 0.1) is 7.11 Å². The number of nitrogens with two attached hydrogens (primary N) is 1. The van der Waals surface area contributed by atoms with Gasteiger partial charge in [0.15, 0.2) is 5.67 Å². The summed E-state index contributed by atoms with van der Waals surface area (Å²) >= 11 is 0. The molecule has 2 aromatic rings. The van der Waals surface area contributed by atoms with E-state index in [1.165, 1.54) is 0 Å². The highest BCUT2D eigenvalue weighted by atomic mass is 19.1. The first-order valence-corrected chi connectivity index (χ1v) is 5.80. The molecule has 0 heterocycles. The van der Waals surface area contributed by atoms with Crippen LogP contribution in [0.5, 0.6) is 5.75 Å². The minimum atomic E-state index is -1.66. The summed E-state index contributed by atoms with van der Waals surface area (Å²) in [7, 11) is 1.58. The van der Waals surface area contributed by atoms with Gasteiger partial charge in [0.2, 0.25) is 0 Å². The lowest BCUT2D eigenvalue weighted by molar-refractivity contribution is 0.232. The summed E-state index contributed by atoms with van der Waals surface area (Å²) in [5, 5.41) is 0. The van der Waals surface area contributed by atoms with Crippen LogP contribution in [0, 0.1) is 0 Å². The topological polar surface area (TPSA) is 35.2 Å². The fourth-order valence-corrected chi connectivity index (χ4v) is 1.96. The predicted octanol–water partition coefficient (Wildman–Crippen LogP) is 2.87. The summed E-state index contributed by atoms with van der Waals surface area (Å²) < 4.78 is 20.1. The summed E-state index contributed by atoms with van der Waals surface area (Å²) in [4.78, 5) is 0. The van der Waals surface area contributed by atoms with Crippen LogP contribution in [0.1, 0.15) is 11.1 Å². The number of benzene rings is 2. The number of hydrogen-bond acceptors (Lipinski definition) is 2. The van der Waals surface area contributed by atoms with Crippen LogP contribution < -0.4 is 10.5 Å². The normalized spacial score (nSPS) is 13.9. The second-order valence-corrected chi connectivity index (χ2v) is 4.10. The van der Waals surface area contributed by atoms with Gasteiger partial charge in [-0.1, -0.05) is 42.5 Å². The SMILES string of the molecule is COc1ccc(C(F)(CN)c2ccccc2)cc1. The molecule has 0 spiro atoms. The van der Waals surface area contributed by atoms with Gasteiger partial charge in [0, 0.05) is 6.54 Å². The van der Waals surface area contributed by atoms with Gasteiger partial charge in [-0.15, -0.1) is 0 Å². The van der Waals surface area contributed by atoms with Crippen molar-refractivity contribution in [2.75, 3.05) is 13.7 Å². The Morgan fingerprint density at radius 1 is 1.00 bits per heavy atom. The van der Waals surface area contributed by atoms with Crippen molar-refractivity contribution in [3.63, 3.8) is 0 Å².